The van der Waals surface area contributed by atoms with Crippen molar-refractivity contribution in [2.75, 3.05) is 32.8 Å². The Morgan fingerprint density at radius 1 is 1.35 bits per heavy atom. The second kappa shape index (κ2) is 8.49. The second-order valence-electron chi connectivity index (χ2n) is 5.66. The maximum atomic E-state index is 5.49. The molecule has 23 heavy (non-hydrogen) atoms. The van der Waals surface area contributed by atoms with Crippen LogP contribution in [-0.4, -0.2) is 47.7 Å². The summed E-state index contributed by atoms with van der Waals surface area (Å²) in [5.41, 5.74) is 1.26. The van der Waals surface area contributed by atoms with Gasteiger partial charge in [-0.25, -0.2) is 4.98 Å². The molecule has 124 valence electrons. The molecule has 1 saturated heterocycles. The van der Waals surface area contributed by atoms with Crippen molar-refractivity contribution < 1.29 is 4.74 Å². The van der Waals surface area contributed by atoms with Crippen molar-refractivity contribution in [2.24, 2.45) is 0 Å². The van der Waals surface area contributed by atoms with Gasteiger partial charge in [-0.3, -0.25) is 9.88 Å². The minimum atomic E-state index is 0.339. The Bertz CT molecular complexity index is 583. The summed E-state index contributed by atoms with van der Waals surface area (Å²) in [7, 11) is 0. The van der Waals surface area contributed by atoms with Crippen LogP contribution in [-0.2, 0) is 17.7 Å². The Labute approximate surface area is 141 Å². The Balaban J connectivity index is 1.61. The molecule has 3 rings (SSSR count). The summed E-state index contributed by atoms with van der Waals surface area (Å²) in [4.78, 5) is 12.5. The van der Waals surface area contributed by atoms with E-state index in [4.69, 9.17) is 4.74 Å². The molecule has 1 N–H and O–H groups in total. The van der Waals surface area contributed by atoms with Gasteiger partial charge in [0, 0.05) is 55.7 Å². The third-order valence-electron chi connectivity index (χ3n) is 4.10. The van der Waals surface area contributed by atoms with Gasteiger partial charge in [0.05, 0.1) is 18.2 Å². The zero-order valence-corrected chi connectivity index (χ0v) is 14.4. The van der Waals surface area contributed by atoms with E-state index in [1.165, 1.54) is 15.4 Å². The number of nitrogens with zero attached hydrogens (tertiary/aromatic N) is 3. The summed E-state index contributed by atoms with van der Waals surface area (Å²) in [6, 6.07) is 4.52. The van der Waals surface area contributed by atoms with Gasteiger partial charge in [-0.2, -0.15) is 0 Å². The lowest BCUT2D eigenvalue weighted by Gasteiger charge is -2.34. The van der Waals surface area contributed by atoms with Crippen LogP contribution in [0.1, 0.15) is 28.4 Å². The smallest absolute Gasteiger partial charge is 0.0925 e. The SMILES string of the molecule is CCc1ncc(CNC[C@@H](c2cccnc2)N2CCOCC2)s1. The van der Waals surface area contributed by atoms with Crippen molar-refractivity contribution in [1.29, 1.82) is 0 Å². The maximum absolute atomic E-state index is 5.49. The summed E-state index contributed by atoms with van der Waals surface area (Å²) in [5.74, 6) is 0. The first kappa shape index (κ1) is 16.5. The highest BCUT2D eigenvalue weighted by molar-refractivity contribution is 7.11. The molecule has 5 nitrogen and oxygen atoms in total. The number of ether oxygens (including phenoxy) is 1. The van der Waals surface area contributed by atoms with Crippen LogP contribution in [0.5, 0.6) is 0 Å². The van der Waals surface area contributed by atoms with Crippen LogP contribution in [0.4, 0.5) is 0 Å². The van der Waals surface area contributed by atoms with Crippen LogP contribution in [0.25, 0.3) is 0 Å². The van der Waals surface area contributed by atoms with Crippen LogP contribution in [0, 0.1) is 0 Å². The van der Waals surface area contributed by atoms with Crippen molar-refractivity contribution in [3.63, 3.8) is 0 Å². The van der Waals surface area contributed by atoms with E-state index in [9.17, 15) is 0 Å². The quantitative estimate of drug-likeness (QED) is 0.843. The highest BCUT2D eigenvalue weighted by atomic mass is 32.1. The average molecular weight is 332 g/mol. The van der Waals surface area contributed by atoms with Crippen molar-refractivity contribution in [2.45, 2.75) is 25.9 Å². The van der Waals surface area contributed by atoms with Gasteiger partial charge in [0.1, 0.15) is 0 Å². The molecule has 1 aliphatic heterocycles. The van der Waals surface area contributed by atoms with E-state index in [1.54, 1.807) is 11.3 Å². The first-order chi connectivity index (χ1) is 11.4. The molecule has 0 bridgehead atoms. The molecule has 0 aliphatic carbocycles. The van der Waals surface area contributed by atoms with Gasteiger partial charge < -0.3 is 10.1 Å². The molecule has 0 unspecified atom stereocenters. The topological polar surface area (TPSA) is 50.3 Å². The highest BCUT2D eigenvalue weighted by Crippen LogP contribution is 2.21. The maximum Gasteiger partial charge on any atom is 0.0925 e. The number of aromatic nitrogens is 2. The highest BCUT2D eigenvalue weighted by Gasteiger charge is 2.22. The number of rotatable bonds is 7. The third kappa shape index (κ3) is 4.57. The number of pyridine rings is 1. The van der Waals surface area contributed by atoms with Crippen LogP contribution < -0.4 is 5.32 Å². The lowest BCUT2D eigenvalue weighted by molar-refractivity contribution is 0.0160. The normalized spacial score (nSPS) is 17.3. The fourth-order valence-electron chi connectivity index (χ4n) is 2.85. The van der Waals surface area contributed by atoms with E-state index >= 15 is 0 Å². The molecule has 0 amide bonds. The molecule has 0 saturated carbocycles. The monoisotopic (exact) mass is 332 g/mol. The van der Waals surface area contributed by atoms with E-state index in [2.05, 4.69) is 33.2 Å². The number of aryl methyl sites for hydroxylation is 1. The first-order valence-electron chi connectivity index (χ1n) is 8.23. The van der Waals surface area contributed by atoms with Crippen molar-refractivity contribution in [3.05, 3.63) is 46.2 Å². The minimum absolute atomic E-state index is 0.339. The summed E-state index contributed by atoms with van der Waals surface area (Å²) in [6.07, 6.45) is 6.81. The van der Waals surface area contributed by atoms with Gasteiger partial charge in [-0.15, -0.1) is 11.3 Å². The minimum Gasteiger partial charge on any atom is -0.379 e. The Morgan fingerprint density at radius 2 is 2.22 bits per heavy atom. The first-order valence-corrected chi connectivity index (χ1v) is 9.04. The van der Waals surface area contributed by atoms with E-state index in [1.807, 2.05) is 24.7 Å². The molecular formula is C17H24N4OS. The van der Waals surface area contributed by atoms with E-state index in [0.29, 0.717) is 6.04 Å². The molecule has 1 aliphatic rings. The fraction of sp³-hybridized carbons (Fsp3) is 0.529. The third-order valence-corrected chi connectivity index (χ3v) is 5.24. The summed E-state index contributed by atoms with van der Waals surface area (Å²) >= 11 is 1.80. The average Bonchev–Trinajstić information content (AvgIpc) is 3.08. The van der Waals surface area contributed by atoms with Crippen LogP contribution in [0.2, 0.25) is 0 Å². The van der Waals surface area contributed by atoms with Crippen LogP contribution >= 0.6 is 11.3 Å². The Hall–Kier alpha value is -1.34. The molecule has 1 atom stereocenters. The number of morpholine rings is 1. The lowest BCUT2D eigenvalue weighted by atomic mass is 10.1. The molecule has 0 aromatic carbocycles. The fourth-order valence-corrected chi connectivity index (χ4v) is 3.68. The number of hydrogen-bond donors (Lipinski definition) is 1. The standard InChI is InChI=1S/C17H24N4OS/c1-2-17-20-12-15(23-17)11-19-13-16(14-4-3-5-18-10-14)21-6-8-22-9-7-21/h3-5,10,12,16,19H,2,6-9,11,13H2,1H3/t16-/m0/s1. The van der Waals surface area contributed by atoms with Gasteiger partial charge in [0.2, 0.25) is 0 Å². The molecule has 2 aromatic rings. The van der Waals surface area contributed by atoms with Gasteiger partial charge in [-0.05, 0) is 18.1 Å². The van der Waals surface area contributed by atoms with Crippen molar-refractivity contribution in [1.82, 2.24) is 20.2 Å². The van der Waals surface area contributed by atoms with E-state index in [-0.39, 0.29) is 0 Å². The predicted octanol–water partition coefficient (Wildman–Crippen LogP) is 2.26. The zero-order chi connectivity index (χ0) is 15.9. The summed E-state index contributed by atoms with van der Waals surface area (Å²) < 4.78 is 5.49. The summed E-state index contributed by atoms with van der Waals surface area (Å²) in [5, 5.41) is 4.80. The number of nitrogens with one attached hydrogen (secondary N) is 1. The van der Waals surface area contributed by atoms with Gasteiger partial charge >= 0.3 is 0 Å². The summed E-state index contributed by atoms with van der Waals surface area (Å²) in [6.45, 7) is 7.50. The predicted molar refractivity (Wildman–Crippen MR) is 92.6 cm³/mol. The van der Waals surface area contributed by atoms with Crippen molar-refractivity contribution in [3.8, 4) is 0 Å². The lowest BCUT2D eigenvalue weighted by Crippen LogP contribution is -2.42. The molecule has 0 radical (unpaired) electrons. The molecule has 1 fully saturated rings. The van der Waals surface area contributed by atoms with Gasteiger partial charge in [-0.1, -0.05) is 13.0 Å². The van der Waals surface area contributed by atoms with Gasteiger partial charge in [0.25, 0.3) is 0 Å². The van der Waals surface area contributed by atoms with Crippen molar-refractivity contribution >= 4 is 11.3 Å². The van der Waals surface area contributed by atoms with E-state index in [0.717, 1.165) is 45.8 Å². The van der Waals surface area contributed by atoms with Gasteiger partial charge in [0.15, 0.2) is 0 Å². The Morgan fingerprint density at radius 3 is 2.91 bits per heavy atom. The number of thiazole rings is 1. The largest absolute Gasteiger partial charge is 0.379 e. The molecule has 6 heteroatoms. The molecule has 3 heterocycles. The van der Waals surface area contributed by atoms with Crippen LogP contribution in [0.15, 0.2) is 30.7 Å². The zero-order valence-electron chi connectivity index (χ0n) is 13.6. The second-order valence-corrected chi connectivity index (χ2v) is 6.86. The molecule has 2 aromatic heterocycles. The Kier molecular flexibility index (Phi) is 6.10. The molecule has 0 spiro atoms. The number of hydrogen-bond acceptors (Lipinski definition) is 6. The van der Waals surface area contributed by atoms with Crippen LogP contribution in [0.3, 0.4) is 0 Å². The molecular weight excluding hydrogens is 308 g/mol. The van der Waals surface area contributed by atoms with E-state index < -0.39 is 0 Å².